The summed E-state index contributed by atoms with van der Waals surface area (Å²) in [5.41, 5.74) is 11.5. The van der Waals surface area contributed by atoms with Gasteiger partial charge >= 0.3 is 0 Å². The zero-order valence-corrected chi connectivity index (χ0v) is 18.4. The van der Waals surface area contributed by atoms with E-state index in [9.17, 15) is 4.79 Å². The van der Waals surface area contributed by atoms with E-state index in [0.717, 1.165) is 37.7 Å². The van der Waals surface area contributed by atoms with Gasteiger partial charge in [-0.25, -0.2) is 0 Å². The number of hydrogen-bond acceptors (Lipinski definition) is 2. The van der Waals surface area contributed by atoms with Crippen LogP contribution in [0.1, 0.15) is 35.6 Å². The maximum Gasteiger partial charge on any atom is 0.140 e. The summed E-state index contributed by atoms with van der Waals surface area (Å²) in [6, 6.07) is 13.4. The third-order valence-corrected chi connectivity index (χ3v) is 7.81. The zero-order chi connectivity index (χ0) is 21.7. The predicted molar refractivity (Wildman–Crippen MR) is 130 cm³/mol. The maximum absolute atomic E-state index is 13.4. The highest BCUT2D eigenvalue weighted by atomic mass is 16.1. The Morgan fingerprint density at radius 2 is 1.75 bits per heavy atom. The standard InChI is InChI=1S/C30H27NO/c1-20(32)30(29-9-5-3-7-23-19-31-17-15-25(23)29)16-14-22-11-12-26-24-8-4-2-6-21(24)10-13-27(26)28(22)18-30/h2-9,11-12,15,17,19,31H,10,13-14,16,18H2,1H3. The lowest BCUT2D eigenvalue weighted by Crippen LogP contribution is -2.38. The highest BCUT2D eigenvalue weighted by Gasteiger charge is 2.43. The molecule has 4 aliphatic rings. The van der Waals surface area contributed by atoms with Crippen LogP contribution in [-0.4, -0.2) is 5.78 Å². The molecular formula is C30H27NO. The van der Waals surface area contributed by atoms with Crippen LogP contribution in [0, 0.1) is 5.41 Å². The molecule has 2 aromatic carbocycles. The largest absolute Gasteiger partial charge is 0.367 e. The molecule has 2 heteroatoms. The van der Waals surface area contributed by atoms with E-state index in [2.05, 4.69) is 72.1 Å². The Kier molecular flexibility index (Phi) is 4.43. The van der Waals surface area contributed by atoms with Crippen LogP contribution in [0.4, 0.5) is 0 Å². The molecule has 0 amide bonds. The molecule has 0 aromatic heterocycles. The van der Waals surface area contributed by atoms with Gasteiger partial charge < -0.3 is 5.32 Å². The van der Waals surface area contributed by atoms with Crippen molar-refractivity contribution >= 4 is 5.78 Å². The lowest BCUT2D eigenvalue weighted by molar-refractivity contribution is -0.125. The van der Waals surface area contributed by atoms with Crippen molar-refractivity contribution in [3.8, 4) is 11.1 Å². The average molecular weight is 418 g/mol. The number of fused-ring (bicyclic) bond motifs is 6. The van der Waals surface area contributed by atoms with Crippen molar-refractivity contribution in [1.29, 1.82) is 0 Å². The van der Waals surface area contributed by atoms with E-state index in [-0.39, 0.29) is 5.78 Å². The maximum atomic E-state index is 13.4. The molecule has 1 unspecified atom stereocenters. The number of carbonyl (C=O) groups is 1. The van der Waals surface area contributed by atoms with Crippen molar-refractivity contribution in [3.63, 3.8) is 0 Å². The van der Waals surface area contributed by atoms with Gasteiger partial charge in [-0.15, -0.1) is 0 Å². The number of allylic oxidation sites excluding steroid dienone is 8. The van der Waals surface area contributed by atoms with Gasteiger partial charge in [0.05, 0.1) is 5.41 Å². The molecular weight excluding hydrogens is 390 g/mol. The molecule has 1 atom stereocenters. The van der Waals surface area contributed by atoms with Crippen LogP contribution in [-0.2, 0) is 30.5 Å². The fourth-order valence-electron chi connectivity index (χ4n) is 6.10. The number of nitrogens with one attached hydrogen (secondary N) is 1. The summed E-state index contributed by atoms with van der Waals surface area (Å²) in [7, 11) is 0. The van der Waals surface area contributed by atoms with Gasteiger partial charge in [-0.2, -0.15) is 0 Å². The molecule has 0 saturated heterocycles. The van der Waals surface area contributed by atoms with E-state index in [0.29, 0.717) is 0 Å². The van der Waals surface area contributed by atoms with E-state index < -0.39 is 5.41 Å². The van der Waals surface area contributed by atoms with Gasteiger partial charge in [-0.05, 0) is 95.2 Å². The van der Waals surface area contributed by atoms with Gasteiger partial charge in [-0.1, -0.05) is 60.7 Å². The Hall–Kier alpha value is -3.39. The Labute approximate surface area is 189 Å². The van der Waals surface area contributed by atoms with Crippen molar-refractivity contribution in [2.24, 2.45) is 5.41 Å². The Morgan fingerprint density at radius 3 is 2.66 bits per heavy atom. The van der Waals surface area contributed by atoms with Gasteiger partial charge in [0.15, 0.2) is 0 Å². The molecule has 6 rings (SSSR count). The van der Waals surface area contributed by atoms with Gasteiger partial charge in [0.25, 0.3) is 0 Å². The number of hydrogen-bond donors (Lipinski definition) is 1. The summed E-state index contributed by atoms with van der Waals surface area (Å²) in [5, 5.41) is 3.20. The molecule has 0 saturated carbocycles. The summed E-state index contributed by atoms with van der Waals surface area (Å²) < 4.78 is 0. The van der Waals surface area contributed by atoms with E-state index in [1.807, 2.05) is 12.4 Å². The number of benzene rings is 2. The third kappa shape index (κ3) is 2.82. The highest BCUT2D eigenvalue weighted by molar-refractivity contribution is 5.89. The van der Waals surface area contributed by atoms with E-state index in [1.165, 1.54) is 44.5 Å². The molecule has 3 aliphatic carbocycles. The monoisotopic (exact) mass is 417 g/mol. The number of rotatable bonds is 2. The predicted octanol–water partition coefficient (Wildman–Crippen LogP) is 5.94. The van der Waals surface area contributed by atoms with Crippen LogP contribution in [0.5, 0.6) is 0 Å². The summed E-state index contributed by atoms with van der Waals surface area (Å²) in [4.78, 5) is 13.4. The Balaban J connectivity index is 1.53. The second-order valence-corrected chi connectivity index (χ2v) is 9.35. The fraction of sp³-hybridized carbons (Fsp3) is 0.233. The summed E-state index contributed by atoms with van der Waals surface area (Å²) in [6.45, 7) is 1.80. The van der Waals surface area contributed by atoms with E-state index >= 15 is 0 Å². The fourth-order valence-corrected chi connectivity index (χ4v) is 6.10. The first-order valence-corrected chi connectivity index (χ1v) is 11.6. The van der Waals surface area contributed by atoms with Gasteiger partial charge in [0.1, 0.15) is 5.78 Å². The van der Waals surface area contributed by atoms with Crippen LogP contribution in [0.2, 0.25) is 0 Å². The zero-order valence-electron chi connectivity index (χ0n) is 18.4. The first kappa shape index (κ1) is 19.3. The van der Waals surface area contributed by atoms with Crippen molar-refractivity contribution in [1.82, 2.24) is 5.32 Å². The van der Waals surface area contributed by atoms with Gasteiger partial charge in [0.2, 0.25) is 0 Å². The topological polar surface area (TPSA) is 29.1 Å². The van der Waals surface area contributed by atoms with E-state index in [4.69, 9.17) is 0 Å². The van der Waals surface area contributed by atoms with Crippen molar-refractivity contribution in [2.75, 3.05) is 0 Å². The summed E-state index contributed by atoms with van der Waals surface area (Å²) >= 11 is 0. The molecule has 0 spiro atoms. The molecule has 32 heavy (non-hydrogen) atoms. The summed E-state index contributed by atoms with van der Waals surface area (Å²) in [5.74, 6) is 0.275. The van der Waals surface area contributed by atoms with Crippen LogP contribution < -0.4 is 5.32 Å². The second kappa shape index (κ2) is 7.34. The normalized spacial score (nSPS) is 22.7. The number of aryl methyl sites for hydroxylation is 2. The number of carbonyl (C=O) groups excluding carboxylic acids is 1. The van der Waals surface area contributed by atoms with Crippen molar-refractivity contribution in [2.45, 2.75) is 39.0 Å². The minimum atomic E-state index is -0.488. The first-order chi connectivity index (χ1) is 15.7. The van der Waals surface area contributed by atoms with Gasteiger partial charge in [-0.3, -0.25) is 4.79 Å². The number of dihydropyridines is 1. The second-order valence-electron chi connectivity index (χ2n) is 9.35. The van der Waals surface area contributed by atoms with Crippen LogP contribution in [0.3, 0.4) is 0 Å². The average Bonchev–Trinajstić information content (AvgIpc) is 3.06. The number of ketones is 1. The van der Waals surface area contributed by atoms with Gasteiger partial charge in [0, 0.05) is 12.4 Å². The Bertz CT molecular complexity index is 1300. The number of Topliss-reactive ketones (excluding diaryl/α,β-unsaturated/α-hetero) is 1. The molecule has 1 N–H and O–H groups in total. The highest BCUT2D eigenvalue weighted by Crippen LogP contribution is 2.49. The van der Waals surface area contributed by atoms with E-state index in [1.54, 1.807) is 6.92 Å². The van der Waals surface area contributed by atoms with Crippen molar-refractivity contribution < 1.29 is 4.79 Å². The lowest BCUT2D eigenvalue weighted by atomic mass is 9.62. The van der Waals surface area contributed by atoms with Crippen LogP contribution >= 0.6 is 0 Å². The molecule has 1 aliphatic heterocycles. The quantitative estimate of drug-likeness (QED) is 0.655. The van der Waals surface area contributed by atoms with Crippen LogP contribution in [0.25, 0.3) is 11.1 Å². The molecule has 0 bridgehead atoms. The molecule has 158 valence electrons. The molecule has 0 fully saturated rings. The van der Waals surface area contributed by atoms with Crippen LogP contribution in [0.15, 0.2) is 95.9 Å². The molecule has 0 radical (unpaired) electrons. The third-order valence-electron chi connectivity index (χ3n) is 7.81. The first-order valence-electron chi connectivity index (χ1n) is 11.6. The summed E-state index contributed by atoms with van der Waals surface area (Å²) in [6.07, 6.45) is 19.3. The van der Waals surface area contributed by atoms with Crippen molar-refractivity contribution in [3.05, 3.63) is 118 Å². The Morgan fingerprint density at radius 1 is 0.875 bits per heavy atom. The smallest absolute Gasteiger partial charge is 0.140 e. The minimum absolute atomic E-state index is 0.275. The molecule has 2 nitrogen and oxygen atoms in total. The lowest BCUT2D eigenvalue weighted by Gasteiger charge is -2.40. The SMILES string of the molecule is CC(=O)C1(C2=C3C=CNC=C3C=CC=C2)CCc2ccc3c(c2C1)CCc1ccccc1-3. The molecule has 2 aromatic rings. The molecule has 1 heterocycles. The minimum Gasteiger partial charge on any atom is -0.367 e.